The molecule has 0 amide bonds. The fourth-order valence-electron chi connectivity index (χ4n) is 0.516. The lowest BCUT2D eigenvalue weighted by molar-refractivity contribution is -0.715. The number of nitrogens with two attached hydrogens (primary N) is 1. The van der Waals surface area contributed by atoms with Crippen LogP contribution in [-0.4, -0.2) is 16.9 Å². The molecular formula is C7H17BrN+. The van der Waals surface area contributed by atoms with Gasteiger partial charge in [-0.25, -0.2) is 0 Å². The molecule has 0 aliphatic carbocycles. The van der Waals surface area contributed by atoms with E-state index in [1.165, 1.54) is 0 Å². The summed E-state index contributed by atoms with van der Waals surface area (Å²) in [6.07, 6.45) is 0. The lowest BCUT2D eigenvalue weighted by atomic mass is 10.1. The molecule has 0 aromatic heterocycles. The third-order valence-corrected chi connectivity index (χ3v) is 1.43. The van der Waals surface area contributed by atoms with E-state index in [4.69, 9.17) is 0 Å². The highest BCUT2D eigenvalue weighted by Gasteiger charge is 2.13. The fraction of sp³-hybridized carbons (Fsp3) is 1.00. The van der Waals surface area contributed by atoms with Gasteiger partial charge in [-0.3, -0.25) is 0 Å². The Bertz CT molecular complexity index is 73.5. The molecule has 0 spiro atoms. The van der Waals surface area contributed by atoms with Crippen molar-refractivity contribution in [2.24, 2.45) is 0 Å². The average molecular weight is 195 g/mol. The Morgan fingerprint density at radius 1 is 1.44 bits per heavy atom. The highest BCUT2D eigenvalue weighted by atomic mass is 79.9. The molecular weight excluding hydrogens is 178 g/mol. The van der Waals surface area contributed by atoms with Crippen LogP contribution in [0.3, 0.4) is 0 Å². The number of quaternary nitrogens is 1. The number of halogens is 1. The normalized spacial score (nSPS) is 15.7. The molecule has 0 fully saturated rings. The van der Waals surface area contributed by atoms with Crippen LogP contribution in [0, 0.1) is 0 Å². The van der Waals surface area contributed by atoms with Crippen molar-refractivity contribution in [3.63, 3.8) is 0 Å². The zero-order valence-corrected chi connectivity index (χ0v) is 8.33. The van der Waals surface area contributed by atoms with Crippen LogP contribution >= 0.6 is 15.9 Å². The van der Waals surface area contributed by atoms with Crippen molar-refractivity contribution >= 4 is 15.9 Å². The second-order valence-electron chi connectivity index (χ2n) is 3.59. The molecule has 1 unspecified atom stereocenters. The maximum Gasteiger partial charge on any atom is 0.0883 e. The van der Waals surface area contributed by atoms with Gasteiger partial charge in [-0.2, -0.15) is 0 Å². The van der Waals surface area contributed by atoms with Gasteiger partial charge in [-0.1, -0.05) is 15.9 Å². The highest BCUT2D eigenvalue weighted by molar-refractivity contribution is 9.09. The van der Waals surface area contributed by atoms with E-state index < -0.39 is 0 Å². The topological polar surface area (TPSA) is 16.6 Å². The molecule has 2 heteroatoms. The van der Waals surface area contributed by atoms with E-state index in [0.29, 0.717) is 10.4 Å². The van der Waals surface area contributed by atoms with Crippen LogP contribution in [0.1, 0.15) is 27.7 Å². The first-order valence-corrected chi connectivity index (χ1v) is 4.32. The molecule has 1 atom stereocenters. The molecule has 0 aliphatic heterocycles. The lowest BCUT2D eigenvalue weighted by Gasteiger charge is -2.17. The molecule has 56 valence electrons. The van der Waals surface area contributed by atoms with E-state index in [0.717, 1.165) is 6.54 Å². The maximum absolute atomic E-state index is 3.50. The minimum absolute atomic E-state index is 0.377. The standard InChI is InChI=1S/C7H16BrN/c1-6(8)5-9-7(2,3)4/h6,9H,5H2,1-4H3/p+1. The van der Waals surface area contributed by atoms with Crippen molar-refractivity contribution in [1.29, 1.82) is 0 Å². The smallest absolute Gasteiger partial charge is 0.0883 e. The summed E-state index contributed by atoms with van der Waals surface area (Å²) >= 11 is 3.50. The van der Waals surface area contributed by atoms with E-state index in [9.17, 15) is 0 Å². The largest absolute Gasteiger partial charge is 0.341 e. The van der Waals surface area contributed by atoms with E-state index in [1.54, 1.807) is 0 Å². The Morgan fingerprint density at radius 2 is 1.89 bits per heavy atom. The van der Waals surface area contributed by atoms with Crippen LogP contribution < -0.4 is 5.32 Å². The van der Waals surface area contributed by atoms with E-state index in [-0.39, 0.29) is 0 Å². The SMILES string of the molecule is CC(Br)C[NH2+]C(C)(C)C. The molecule has 0 aliphatic rings. The monoisotopic (exact) mass is 194 g/mol. The molecule has 9 heavy (non-hydrogen) atoms. The molecule has 0 heterocycles. The van der Waals surface area contributed by atoms with Crippen LogP contribution in [0.5, 0.6) is 0 Å². The third kappa shape index (κ3) is 8.44. The third-order valence-electron chi connectivity index (χ3n) is 1.06. The van der Waals surface area contributed by atoms with Crippen LogP contribution in [0.15, 0.2) is 0 Å². The maximum atomic E-state index is 3.50. The summed E-state index contributed by atoms with van der Waals surface area (Å²) in [6, 6.07) is 0. The zero-order valence-electron chi connectivity index (χ0n) is 6.74. The summed E-state index contributed by atoms with van der Waals surface area (Å²) in [6.45, 7) is 10.00. The molecule has 0 radical (unpaired) electrons. The van der Waals surface area contributed by atoms with Crippen molar-refractivity contribution in [3.05, 3.63) is 0 Å². The number of hydrogen-bond acceptors (Lipinski definition) is 0. The molecule has 0 bridgehead atoms. The first-order chi connectivity index (χ1) is 3.92. The van der Waals surface area contributed by atoms with Gasteiger partial charge < -0.3 is 5.32 Å². The quantitative estimate of drug-likeness (QED) is 0.636. The van der Waals surface area contributed by atoms with Gasteiger partial charge in [0.2, 0.25) is 0 Å². The Balaban J connectivity index is 3.28. The Morgan fingerprint density at radius 3 is 2.00 bits per heavy atom. The van der Waals surface area contributed by atoms with Gasteiger partial charge >= 0.3 is 0 Å². The molecule has 2 N–H and O–H groups in total. The zero-order chi connectivity index (χ0) is 7.49. The number of alkyl halides is 1. The second-order valence-corrected chi connectivity index (χ2v) is 5.15. The summed E-state index contributed by atoms with van der Waals surface area (Å²) in [5.41, 5.74) is 0.377. The van der Waals surface area contributed by atoms with Crippen molar-refractivity contribution in [3.8, 4) is 0 Å². The predicted molar refractivity (Wildman–Crippen MR) is 44.9 cm³/mol. The van der Waals surface area contributed by atoms with Crippen LogP contribution in [0.2, 0.25) is 0 Å². The molecule has 1 nitrogen and oxygen atoms in total. The number of rotatable bonds is 2. The van der Waals surface area contributed by atoms with E-state index in [2.05, 4.69) is 48.9 Å². The lowest BCUT2D eigenvalue weighted by Crippen LogP contribution is -2.95. The van der Waals surface area contributed by atoms with Gasteiger partial charge in [0.15, 0.2) is 0 Å². The molecule has 0 aromatic carbocycles. The number of hydrogen-bond donors (Lipinski definition) is 1. The fourth-order valence-corrected chi connectivity index (χ4v) is 0.703. The highest BCUT2D eigenvalue weighted by Crippen LogP contribution is 1.93. The molecule has 0 rings (SSSR count). The van der Waals surface area contributed by atoms with E-state index in [1.807, 2.05) is 0 Å². The second kappa shape index (κ2) is 3.57. The van der Waals surface area contributed by atoms with Gasteiger partial charge in [0.1, 0.15) is 0 Å². The van der Waals surface area contributed by atoms with Gasteiger partial charge in [0.05, 0.1) is 16.9 Å². The minimum atomic E-state index is 0.377. The summed E-state index contributed by atoms with van der Waals surface area (Å²) in [4.78, 5) is 0.622. The van der Waals surface area contributed by atoms with Crippen molar-refractivity contribution in [1.82, 2.24) is 0 Å². The first kappa shape index (κ1) is 9.44. The van der Waals surface area contributed by atoms with Gasteiger partial charge in [0, 0.05) is 0 Å². The summed E-state index contributed by atoms with van der Waals surface area (Å²) in [5, 5.41) is 2.34. The predicted octanol–water partition coefficient (Wildman–Crippen LogP) is 1.13. The van der Waals surface area contributed by atoms with Crippen LogP contribution in [-0.2, 0) is 0 Å². The van der Waals surface area contributed by atoms with Crippen molar-refractivity contribution < 1.29 is 5.32 Å². The van der Waals surface area contributed by atoms with Crippen molar-refractivity contribution in [2.75, 3.05) is 6.54 Å². The van der Waals surface area contributed by atoms with Crippen LogP contribution in [0.4, 0.5) is 0 Å². The summed E-state index contributed by atoms with van der Waals surface area (Å²) < 4.78 is 0. The van der Waals surface area contributed by atoms with Gasteiger partial charge in [0.25, 0.3) is 0 Å². The molecule has 0 saturated carbocycles. The summed E-state index contributed by atoms with van der Waals surface area (Å²) in [5.74, 6) is 0. The molecule has 0 saturated heterocycles. The van der Waals surface area contributed by atoms with Crippen molar-refractivity contribution in [2.45, 2.75) is 38.1 Å². The summed E-state index contributed by atoms with van der Waals surface area (Å²) in [7, 11) is 0. The Labute approximate surface area is 66.3 Å². The van der Waals surface area contributed by atoms with E-state index >= 15 is 0 Å². The minimum Gasteiger partial charge on any atom is -0.341 e. The Hall–Kier alpha value is 0.440. The Kier molecular flexibility index (Phi) is 3.74. The van der Waals surface area contributed by atoms with Gasteiger partial charge in [-0.05, 0) is 27.7 Å². The first-order valence-electron chi connectivity index (χ1n) is 3.40. The molecule has 0 aromatic rings. The van der Waals surface area contributed by atoms with Gasteiger partial charge in [-0.15, -0.1) is 0 Å². The average Bonchev–Trinajstić information content (AvgIpc) is 1.59. The van der Waals surface area contributed by atoms with Crippen LogP contribution in [0.25, 0.3) is 0 Å².